The van der Waals surface area contributed by atoms with Gasteiger partial charge < -0.3 is 14.9 Å². The summed E-state index contributed by atoms with van der Waals surface area (Å²) in [5.74, 6) is -0.0562. The second-order valence-electron chi connectivity index (χ2n) is 6.79. The quantitative estimate of drug-likeness (QED) is 0.704. The van der Waals surface area contributed by atoms with Crippen molar-refractivity contribution in [1.29, 1.82) is 0 Å². The van der Waals surface area contributed by atoms with Crippen LogP contribution in [0.1, 0.15) is 50.3 Å². The van der Waals surface area contributed by atoms with E-state index in [4.69, 9.17) is 0 Å². The molecule has 0 unspecified atom stereocenters. The summed E-state index contributed by atoms with van der Waals surface area (Å²) in [7, 11) is 0. The summed E-state index contributed by atoms with van der Waals surface area (Å²) in [4.78, 5) is 33.2. The minimum absolute atomic E-state index is 0.0122. The third kappa shape index (κ3) is 2.38. The van der Waals surface area contributed by atoms with E-state index in [0.29, 0.717) is 24.3 Å². The standard InChI is InChI=1S/C20H21N3O2/c1-11-18(13(3)24)12(2)21-19(11)20(25)23-9-8-15-14-6-4-5-7-16(14)22-17(15)10-23/h4-7,21-22H,8-10H2,1-3H3. The number of aryl methyl sites for hydroxylation is 1. The van der Waals surface area contributed by atoms with Crippen molar-refractivity contribution in [3.05, 3.63) is 58.0 Å². The normalized spacial score (nSPS) is 14.0. The number of aromatic nitrogens is 2. The van der Waals surface area contributed by atoms with Crippen molar-refractivity contribution >= 4 is 22.6 Å². The molecule has 0 fully saturated rings. The molecule has 25 heavy (non-hydrogen) atoms. The lowest BCUT2D eigenvalue weighted by atomic mass is 10.0. The van der Waals surface area contributed by atoms with E-state index in [1.54, 1.807) is 0 Å². The number of benzene rings is 1. The molecule has 2 N–H and O–H groups in total. The van der Waals surface area contributed by atoms with E-state index >= 15 is 0 Å². The fourth-order valence-corrected chi connectivity index (χ4v) is 4.02. The lowest BCUT2D eigenvalue weighted by molar-refractivity contribution is 0.0727. The van der Waals surface area contributed by atoms with Crippen molar-refractivity contribution < 1.29 is 9.59 Å². The molecular formula is C20H21N3O2. The van der Waals surface area contributed by atoms with Crippen LogP contribution in [0, 0.1) is 13.8 Å². The van der Waals surface area contributed by atoms with Gasteiger partial charge in [-0.15, -0.1) is 0 Å². The van der Waals surface area contributed by atoms with Crippen LogP contribution < -0.4 is 0 Å². The summed E-state index contributed by atoms with van der Waals surface area (Å²) in [5, 5.41) is 1.25. The predicted molar refractivity (Wildman–Crippen MR) is 97.0 cm³/mol. The van der Waals surface area contributed by atoms with Gasteiger partial charge in [0, 0.05) is 34.4 Å². The lowest BCUT2D eigenvalue weighted by Crippen LogP contribution is -2.36. The molecule has 5 nitrogen and oxygen atoms in total. The number of fused-ring (bicyclic) bond motifs is 3. The van der Waals surface area contributed by atoms with Crippen LogP contribution in [0.15, 0.2) is 24.3 Å². The Hall–Kier alpha value is -2.82. The highest BCUT2D eigenvalue weighted by molar-refractivity contribution is 6.02. The molecule has 128 valence electrons. The molecule has 3 aromatic rings. The fraction of sp³-hybridized carbons (Fsp3) is 0.300. The molecule has 2 aromatic heterocycles. The van der Waals surface area contributed by atoms with Gasteiger partial charge in [-0.05, 0) is 44.4 Å². The number of ketones is 1. The Labute approximate surface area is 146 Å². The van der Waals surface area contributed by atoms with Gasteiger partial charge in [0.2, 0.25) is 0 Å². The van der Waals surface area contributed by atoms with Crippen LogP contribution in [0.2, 0.25) is 0 Å². The molecule has 0 bridgehead atoms. The number of aromatic amines is 2. The average molecular weight is 335 g/mol. The van der Waals surface area contributed by atoms with Crippen molar-refractivity contribution in [2.24, 2.45) is 0 Å². The molecule has 0 saturated carbocycles. The van der Waals surface area contributed by atoms with Gasteiger partial charge in [-0.25, -0.2) is 0 Å². The van der Waals surface area contributed by atoms with Crippen molar-refractivity contribution in [3.63, 3.8) is 0 Å². The monoisotopic (exact) mass is 335 g/mol. The maximum absolute atomic E-state index is 13.0. The second-order valence-corrected chi connectivity index (χ2v) is 6.79. The number of hydrogen-bond donors (Lipinski definition) is 2. The van der Waals surface area contributed by atoms with Crippen molar-refractivity contribution in [3.8, 4) is 0 Å². The van der Waals surface area contributed by atoms with Gasteiger partial charge >= 0.3 is 0 Å². The van der Waals surface area contributed by atoms with Gasteiger partial charge in [0.25, 0.3) is 5.91 Å². The van der Waals surface area contributed by atoms with Crippen LogP contribution in [0.4, 0.5) is 0 Å². The highest BCUT2D eigenvalue weighted by Gasteiger charge is 2.28. The number of carbonyl (C=O) groups is 2. The Morgan fingerprint density at radius 2 is 1.88 bits per heavy atom. The third-order valence-electron chi connectivity index (χ3n) is 5.17. The number of H-pyrrole nitrogens is 2. The molecule has 1 aliphatic rings. The summed E-state index contributed by atoms with van der Waals surface area (Å²) in [6.07, 6.45) is 0.837. The number of nitrogens with zero attached hydrogens (tertiary/aromatic N) is 1. The number of nitrogens with one attached hydrogen (secondary N) is 2. The van der Waals surface area contributed by atoms with Gasteiger partial charge in [0.1, 0.15) is 5.69 Å². The van der Waals surface area contributed by atoms with Crippen LogP contribution in [0.3, 0.4) is 0 Å². The van der Waals surface area contributed by atoms with Crippen LogP contribution >= 0.6 is 0 Å². The minimum Gasteiger partial charge on any atom is -0.357 e. The molecule has 0 spiro atoms. The van der Waals surface area contributed by atoms with Crippen LogP contribution in [0.25, 0.3) is 10.9 Å². The molecule has 3 heterocycles. The number of carbonyl (C=O) groups excluding carboxylic acids is 2. The number of Topliss-reactive ketones (excluding diaryl/α,β-unsaturated/α-hetero) is 1. The second kappa shape index (κ2) is 5.62. The summed E-state index contributed by atoms with van der Waals surface area (Å²) in [6.45, 7) is 6.46. The van der Waals surface area contributed by atoms with E-state index in [-0.39, 0.29) is 11.7 Å². The summed E-state index contributed by atoms with van der Waals surface area (Å²) in [6, 6.07) is 8.25. The first-order valence-corrected chi connectivity index (χ1v) is 8.55. The van der Waals surface area contributed by atoms with Crippen LogP contribution in [-0.2, 0) is 13.0 Å². The molecule has 0 saturated heterocycles. The Kier molecular flexibility index (Phi) is 3.53. The maximum atomic E-state index is 13.0. The van der Waals surface area contributed by atoms with E-state index in [1.807, 2.05) is 30.9 Å². The Balaban J connectivity index is 1.67. The smallest absolute Gasteiger partial charge is 0.270 e. The van der Waals surface area contributed by atoms with Crippen LogP contribution in [-0.4, -0.2) is 33.1 Å². The topological polar surface area (TPSA) is 69.0 Å². The Morgan fingerprint density at radius 3 is 2.60 bits per heavy atom. The minimum atomic E-state index is -0.0441. The largest absolute Gasteiger partial charge is 0.357 e. The van der Waals surface area contributed by atoms with Gasteiger partial charge in [0.05, 0.1) is 6.54 Å². The number of hydrogen-bond acceptors (Lipinski definition) is 2. The zero-order valence-electron chi connectivity index (χ0n) is 14.7. The van der Waals surface area contributed by atoms with Gasteiger partial charge in [-0.2, -0.15) is 0 Å². The SMILES string of the molecule is CC(=O)c1c(C)[nH]c(C(=O)N2CCc3c([nH]c4ccccc34)C2)c1C. The van der Waals surface area contributed by atoms with Gasteiger partial charge in [-0.3, -0.25) is 9.59 Å². The molecule has 1 aliphatic heterocycles. The first-order chi connectivity index (χ1) is 12.0. The van der Waals surface area contributed by atoms with Gasteiger partial charge in [0.15, 0.2) is 5.78 Å². The Bertz CT molecular complexity index is 1010. The van der Waals surface area contributed by atoms with Crippen LogP contribution in [0.5, 0.6) is 0 Å². The van der Waals surface area contributed by atoms with E-state index in [2.05, 4.69) is 22.1 Å². The number of para-hydroxylation sites is 1. The van der Waals surface area contributed by atoms with E-state index < -0.39 is 0 Å². The molecular weight excluding hydrogens is 314 g/mol. The molecule has 0 radical (unpaired) electrons. The zero-order chi connectivity index (χ0) is 17.7. The van der Waals surface area contributed by atoms with Crippen molar-refractivity contribution in [2.45, 2.75) is 33.7 Å². The highest BCUT2D eigenvalue weighted by atomic mass is 16.2. The zero-order valence-corrected chi connectivity index (χ0v) is 14.7. The lowest BCUT2D eigenvalue weighted by Gasteiger charge is -2.27. The van der Waals surface area contributed by atoms with E-state index in [9.17, 15) is 9.59 Å². The number of rotatable bonds is 2. The fourth-order valence-electron chi connectivity index (χ4n) is 4.02. The predicted octanol–water partition coefficient (Wildman–Crippen LogP) is 3.51. The summed E-state index contributed by atoms with van der Waals surface area (Å²) in [5.41, 5.74) is 6.20. The summed E-state index contributed by atoms with van der Waals surface area (Å²) < 4.78 is 0. The molecule has 0 atom stereocenters. The maximum Gasteiger partial charge on any atom is 0.270 e. The van der Waals surface area contributed by atoms with Crippen molar-refractivity contribution in [1.82, 2.24) is 14.9 Å². The van der Waals surface area contributed by atoms with E-state index in [1.165, 1.54) is 17.9 Å². The number of amides is 1. The van der Waals surface area contributed by atoms with Crippen molar-refractivity contribution in [2.75, 3.05) is 6.54 Å². The first-order valence-electron chi connectivity index (χ1n) is 8.55. The molecule has 4 rings (SSSR count). The van der Waals surface area contributed by atoms with Gasteiger partial charge in [-0.1, -0.05) is 18.2 Å². The average Bonchev–Trinajstić information content (AvgIpc) is 3.10. The third-order valence-corrected chi connectivity index (χ3v) is 5.17. The molecule has 1 amide bonds. The highest BCUT2D eigenvalue weighted by Crippen LogP contribution is 2.29. The summed E-state index contributed by atoms with van der Waals surface area (Å²) >= 11 is 0. The molecule has 1 aromatic carbocycles. The molecule has 5 heteroatoms. The Morgan fingerprint density at radius 1 is 1.12 bits per heavy atom. The van der Waals surface area contributed by atoms with E-state index in [0.717, 1.165) is 28.9 Å². The molecule has 0 aliphatic carbocycles. The first kappa shape index (κ1) is 15.7.